The summed E-state index contributed by atoms with van der Waals surface area (Å²) in [6.45, 7) is 8.53. The summed E-state index contributed by atoms with van der Waals surface area (Å²) in [6.07, 6.45) is 2.46. The fraction of sp³-hybridized carbons (Fsp3) is 0.600. The zero-order valence-electron chi connectivity index (χ0n) is 11.5. The number of benzene rings is 1. The van der Waals surface area contributed by atoms with Gasteiger partial charge in [-0.3, -0.25) is 0 Å². The van der Waals surface area contributed by atoms with Crippen molar-refractivity contribution in [2.24, 2.45) is 0 Å². The molecule has 2 atom stereocenters. The van der Waals surface area contributed by atoms with Crippen LogP contribution in [0.3, 0.4) is 0 Å². The van der Waals surface area contributed by atoms with E-state index in [1.807, 2.05) is 26.0 Å². The van der Waals surface area contributed by atoms with Gasteiger partial charge in [-0.05, 0) is 50.3 Å². The zero-order valence-corrected chi connectivity index (χ0v) is 11.5. The van der Waals surface area contributed by atoms with Crippen molar-refractivity contribution < 1.29 is 0 Å². The predicted octanol–water partition coefficient (Wildman–Crippen LogP) is 3.54. The van der Waals surface area contributed by atoms with Gasteiger partial charge in [0.25, 0.3) is 0 Å². The van der Waals surface area contributed by atoms with Gasteiger partial charge in [-0.1, -0.05) is 26.0 Å². The summed E-state index contributed by atoms with van der Waals surface area (Å²) in [5.41, 5.74) is 7.99. The van der Waals surface area contributed by atoms with E-state index < -0.39 is 0 Å². The van der Waals surface area contributed by atoms with Crippen LogP contribution in [0.25, 0.3) is 0 Å². The average Bonchev–Trinajstić information content (AvgIpc) is 2.31. The Balaban J connectivity index is 0.000000686. The molecule has 0 bridgehead atoms. The molecule has 2 heteroatoms. The van der Waals surface area contributed by atoms with E-state index in [-0.39, 0.29) is 0 Å². The first-order valence-electron chi connectivity index (χ1n) is 6.76. The molecule has 0 spiro atoms. The van der Waals surface area contributed by atoms with Crippen LogP contribution >= 0.6 is 0 Å². The average molecular weight is 234 g/mol. The number of piperidine rings is 1. The highest BCUT2D eigenvalue weighted by Gasteiger charge is 2.23. The summed E-state index contributed by atoms with van der Waals surface area (Å²) in [7, 11) is 0. The number of nitrogens with two attached hydrogens (primary N) is 1. The number of rotatable bonds is 1. The Morgan fingerprint density at radius 1 is 1.00 bits per heavy atom. The van der Waals surface area contributed by atoms with E-state index in [1.165, 1.54) is 18.4 Å². The topological polar surface area (TPSA) is 38.0 Å². The van der Waals surface area contributed by atoms with Crippen molar-refractivity contribution in [1.82, 2.24) is 5.32 Å². The number of nitrogen functional groups attached to an aromatic ring is 1. The van der Waals surface area contributed by atoms with Crippen molar-refractivity contribution in [1.29, 1.82) is 0 Å². The lowest BCUT2D eigenvalue weighted by atomic mass is 9.84. The van der Waals surface area contributed by atoms with Gasteiger partial charge in [-0.25, -0.2) is 0 Å². The molecule has 1 aromatic rings. The van der Waals surface area contributed by atoms with Crippen LogP contribution in [0.1, 0.15) is 52.0 Å². The van der Waals surface area contributed by atoms with E-state index >= 15 is 0 Å². The number of anilines is 1. The largest absolute Gasteiger partial charge is 0.399 e. The Kier molecular flexibility index (Phi) is 5.49. The molecule has 1 saturated heterocycles. The smallest absolute Gasteiger partial charge is 0.0314 e. The number of hydrogen-bond acceptors (Lipinski definition) is 2. The molecule has 0 amide bonds. The number of hydrogen-bond donors (Lipinski definition) is 2. The van der Waals surface area contributed by atoms with Crippen LogP contribution in [-0.2, 0) is 0 Å². The highest BCUT2D eigenvalue weighted by Crippen LogP contribution is 2.30. The first-order chi connectivity index (χ1) is 8.15. The maximum Gasteiger partial charge on any atom is 0.0314 e. The second-order valence-corrected chi connectivity index (χ2v) is 4.80. The number of nitrogens with one attached hydrogen (secondary N) is 1. The summed E-state index contributed by atoms with van der Waals surface area (Å²) in [5, 5.41) is 3.57. The Labute approximate surface area is 106 Å². The van der Waals surface area contributed by atoms with Gasteiger partial charge in [0, 0.05) is 17.8 Å². The zero-order chi connectivity index (χ0) is 12.8. The molecule has 1 fully saturated rings. The molecule has 3 N–H and O–H groups in total. The van der Waals surface area contributed by atoms with Gasteiger partial charge in [-0.15, -0.1) is 0 Å². The van der Waals surface area contributed by atoms with E-state index in [2.05, 4.69) is 31.3 Å². The van der Waals surface area contributed by atoms with Crippen molar-refractivity contribution in [2.45, 2.75) is 58.5 Å². The maximum absolute atomic E-state index is 5.70. The molecule has 2 nitrogen and oxygen atoms in total. The molecule has 2 rings (SSSR count). The molecule has 1 aliphatic heterocycles. The first kappa shape index (κ1) is 14.0. The molecular weight excluding hydrogens is 208 g/mol. The van der Waals surface area contributed by atoms with Crippen LogP contribution in [0.15, 0.2) is 24.3 Å². The third kappa shape index (κ3) is 4.04. The van der Waals surface area contributed by atoms with Crippen molar-refractivity contribution in [3.63, 3.8) is 0 Å². The van der Waals surface area contributed by atoms with Crippen molar-refractivity contribution in [3.05, 3.63) is 29.8 Å². The molecule has 17 heavy (non-hydrogen) atoms. The Hall–Kier alpha value is -1.02. The van der Waals surface area contributed by atoms with Crippen molar-refractivity contribution in [3.8, 4) is 0 Å². The van der Waals surface area contributed by atoms with Crippen molar-refractivity contribution in [2.75, 3.05) is 5.73 Å². The third-order valence-corrected chi connectivity index (χ3v) is 3.25. The molecule has 1 aliphatic rings. The molecule has 0 radical (unpaired) electrons. The van der Waals surface area contributed by atoms with Crippen LogP contribution in [0.4, 0.5) is 5.69 Å². The molecule has 0 aliphatic carbocycles. The standard InChI is InChI=1S/C13H20N2.C2H6/c1-9-7-12(8-10(2)15-9)11-3-5-13(14)6-4-11;1-2/h3-6,9-10,12,15H,7-8,14H2,1-2H3;1-2H3. The van der Waals surface area contributed by atoms with E-state index in [4.69, 9.17) is 5.73 Å². The lowest BCUT2D eigenvalue weighted by Gasteiger charge is -2.33. The van der Waals surface area contributed by atoms with Gasteiger partial charge in [0.1, 0.15) is 0 Å². The van der Waals surface area contributed by atoms with Gasteiger partial charge < -0.3 is 11.1 Å². The molecule has 1 aromatic carbocycles. The quantitative estimate of drug-likeness (QED) is 0.729. The second-order valence-electron chi connectivity index (χ2n) is 4.80. The van der Waals surface area contributed by atoms with Crippen LogP contribution < -0.4 is 11.1 Å². The Morgan fingerprint density at radius 3 is 1.94 bits per heavy atom. The van der Waals surface area contributed by atoms with Gasteiger partial charge in [0.05, 0.1) is 0 Å². The summed E-state index contributed by atoms with van der Waals surface area (Å²) < 4.78 is 0. The second kappa shape index (κ2) is 6.65. The predicted molar refractivity (Wildman–Crippen MR) is 76.2 cm³/mol. The van der Waals surface area contributed by atoms with E-state index in [0.29, 0.717) is 18.0 Å². The van der Waals surface area contributed by atoms with Gasteiger partial charge in [0.2, 0.25) is 0 Å². The van der Waals surface area contributed by atoms with Crippen LogP contribution in [0.5, 0.6) is 0 Å². The maximum atomic E-state index is 5.70. The summed E-state index contributed by atoms with van der Waals surface area (Å²) in [5.74, 6) is 0.692. The highest BCUT2D eigenvalue weighted by atomic mass is 14.9. The fourth-order valence-electron chi connectivity index (χ4n) is 2.61. The van der Waals surface area contributed by atoms with Gasteiger partial charge >= 0.3 is 0 Å². The van der Waals surface area contributed by atoms with Crippen molar-refractivity contribution >= 4 is 5.69 Å². The Morgan fingerprint density at radius 2 is 1.47 bits per heavy atom. The van der Waals surface area contributed by atoms with Gasteiger partial charge in [-0.2, -0.15) is 0 Å². The molecule has 1 heterocycles. The first-order valence-corrected chi connectivity index (χ1v) is 6.76. The van der Waals surface area contributed by atoms with Crippen LogP contribution in [0.2, 0.25) is 0 Å². The lowest BCUT2D eigenvalue weighted by molar-refractivity contribution is 0.317. The molecular formula is C15H26N2. The van der Waals surface area contributed by atoms with Crippen LogP contribution in [0, 0.1) is 0 Å². The summed E-state index contributed by atoms with van der Waals surface area (Å²) in [4.78, 5) is 0. The molecule has 0 aromatic heterocycles. The third-order valence-electron chi connectivity index (χ3n) is 3.25. The molecule has 96 valence electrons. The summed E-state index contributed by atoms with van der Waals surface area (Å²) in [6, 6.07) is 9.60. The summed E-state index contributed by atoms with van der Waals surface area (Å²) >= 11 is 0. The van der Waals surface area contributed by atoms with Gasteiger partial charge in [0.15, 0.2) is 0 Å². The minimum Gasteiger partial charge on any atom is -0.399 e. The van der Waals surface area contributed by atoms with E-state index in [1.54, 1.807) is 0 Å². The SMILES string of the molecule is CC.CC1CC(c2ccc(N)cc2)CC(C)N1. The van der Waals surface area contributed by atoms with E-state index in [0.717, 1.165) is 5.69 Å². The minimum atomic E-state index is 0.622. The normalized spacial score (nSPS) is 28.1. The van der Waals surface area contributed by atoms with Crippen LogP contribution in [-0.4, -0.2) is 12.1 Å². The monoisotopic (exact) mass is 234 g/mol. The molecule has 0 saturated carbocycles. The highest BCUT2D eigenvalue weighted by molar-refractivity contribution is 5.40. The lowest BCUT2D eigenvalue weighted by Crippen LogP contribution is -2.41. The Bertz CT molecular complexity index is 308. The minimum absolute atomic E-state index is 0.622. The fourth-order valence-corrected chi connectivity index (χ4v) is 2.61. The van der Waals surface area contributed by atoms with E-state index in [9.17, 15) is 0 Å². The molecule has 2 unspecified atom stereocenters.